The second kappa shape index (κ2) is 6.55. The second-order valence-electron chi connectivity index (χ2n) is 5.36. The minimum absolute atomic E-state index is 0.0413. The van der Waals surface area contributed by atoms with E-state index in [0.29, 0.717) is 11.3 Å². The van der Waals surface area contributed by atoms with Gasteiger partial charge in [-0.05, 0) is 30.7 Å². The van der Waals surface area contributed by atoms with Gasteiger partial charge in [0, 0.05) is 17.7 Å². The Kier molecular flexibility index (Phi) is 4.45. The molecule has 6 nitrogen and oxygen atoms in total. The molecular formula is C17H10Cl2N4O2. The Morgan fingerprint density at radius 2 is 2.12 bits per heavy atom. The Bertz CT molecular complexity index is 1080. The molecule has 0 unspecified atom stereocenters. The van der Waals surface area contributed by atoms with E-state index in [4.69, 9.17) is 23.2 Å². The number of benzene rings is 2. The number of non-ortho nitro benzene ring substituents is 1. The number of nitrogens with one attached hydrogen (secondary N) is 1. The van der Waals surface area contributed by atoms with E-state index in [2.05, 4.69) is 9.97 Å². The van der Waals surface area contributed by atoms with Crippen LogP contribution >= 0.6 is 23.2 Å². The van der Waals surface area contributed by atoms with Gasteiger partial charge >= 0.3 is 0 Å². The van der Waals surface area contributed by atoms with E-state index in [-0.39, 0.29) is 26.9 Å². The van der Waals surface area contributed by atoms with Gasteiger partial charge in [0.2, 0.25) is 0 Å². The quantitative estimate of drug-likeness (QED) is 0.390. The topological polar surface area (TPSA) is 95.6 Å². The van der Waals surface area contributed by atoms with Gasteiger partial charge in [-0.3, -0.25) is 10.1 Å². The van der Waals surface area contributed by atoms with Gasteiger partial charge in [-0.2, -0.15) is 5.26 Å². The number of rotatable bonds is 3. The lowest BCUT2D eigenvalue weighted by Gasteiger charge is -2.02. The van der Waals surface area contributed by atoms with E-state index in [0.717, 1.165) is 17.1 Å². The summed E-state index contributed by atoms with van der Waals surface area (Å²) in [6.45, 7) is 1.95. The summed E-state index contributed by atoms with van der Waals surface area (Å²) >= 11 is 12.1. The van der Waals surface area contributed by atoms with Gasteiger partial charge in [0.15, 0.2) is 0 Å². The fraction of sp³-hybridized carbons (Fsp3) is 0.0588. The molecule has 0 saturated carbocycles. The van der Waals surface area contributed by atoms with Gasteiger partial charge in [-0.15, -0.1) is 0 Å². The van der Waals surface area contributed by atoms with Crippen LogP contribution in [0.4, 0.5) is 5.69 Å². The van der Waals surface area contributed by atoms with E-state index in [9.17, 15) is 15.4 Å². The first kappa shape index (κ1) is 17.0. The van der Waals surface area contributed by atoms with Crippen molar-refractivity contribution in [2.45, 2.75) is 6.92 Å². The van der Waals surface area contributed by atoms with Gasteiger partial charge in [-0.1, -0.05) is 29.3 Å². The monoisotopic (exact) mass is 372 g/mol. The van der Waals surface area contributed by atoms with Crippen molar-refractivity contribution in [2.24, 2.45) is 0 Å². The highest BCUT2D eigenvalue weighted by molar-refractivity contribution is 6.43. The molecule has 2 aromatic carbocycles. The summed E-state index contributed by atoms with van der Waals surface area (Å²) in [5.41, 5.74) is 2.81. The molecule has 0 spiro atoms. The maximum absolute atomic E-state index is 11.0. The van der Waals surface area contributed by atoms with Crippen molar-refractivity contribution in [3.8, 4) is 6.07 Å². The van der Waals surface area contributed by atoms with Crippen LogP contribution in [0.3, 0.4) is 0 Å². The minimum Gasteiger partial charge on any atom is -0.337 e. The third-order valence-corrected chi connectivity index (χ3v) is 4.38. The average molecular weight is 373 g/mol. The molecule has 0 amide bonds. The standard InChI is InChI=1S/C17H10Cl2N4O2/c1-9-2-3-14-15(4-9)22-17(21-14)11(8-20)5-10-6-12(23(24)25)7-13(18)16(10)19/h2-7H,1H3,(H,21,22)/b11-5+. The van der Waals surface area contributed by atoms with Crippen LogP contribution in [0.5, 0.6) is 0 Å². The van der Waals surface area contributed by atoms with Crippen molar-refractivity contribution in [1.29, 1.82) is 5.26 Å². The van der Waals surface area contributed by atoms with Crippen molar-refractivity contribution < 1.29 is 4.92 Å². The summed E-state index contributed by atoms with van der Waals surface area (Å²) in [4.78, 5) is 17.9. The number of fused-ring (bicyclic) bond motifs is 1. The molecule has 1 N–H and O–H groups in total. The SMILES string of the molecule is Cc1ccc2nc(/C(C#N)=C/c3cc([N+](=O)[O-])cc(Cl)c3Cl)[nH]c2c1. The molecule has 0 aliphatic carbocycles. The highest BCUT2D eigenvalue weighted by atomic mass is 35.5. The largest absolute Gasteiger partial charge is 0.337 e. The average Bonchev–Trinajstić information content (AvgIpc) is 2.98. The number of imidazole rings is 1. The Morgan fingerprint density at radius 1 is 1.36 bits per heavy atom. The van der Waals surface area contributed by atoms with Crippen molar-refractivity contribution in [1.82, 2.24) is 9.97 Å². The van der Waals surface area contributed by atoms with E-state index < -0.39 is 4.92 Å². The molecule has 0 saturated heterocycles. The lowest BCUT2D eigenvalue weighted by atomic mass is 10.1. The minimum atomic E-state index is -0.574. The number of nitrogens with zero attached hydrogens (tertiary/aromatic N) is 3. The Balaban J connectivity index is 2.14. The molecule has 1 heterocycles. The number of allylic oxidation sites excluding steroid dienone is 1. The van der Waals surface area contributed by atoms with Crippen LogP contribution in [0.2, 0.25) is 10.0 Å². The molecule has 8 heteroatoms. The maximum Gasteiger partial charge on any atom is 0.271 e. The third-order valence-electron chi connectivity index (χ3n) is 3.56. The summed E-state index contributed by atoms with van der Waals surface area (Å²) in [5.74, 6) is 0.349. The molecule has 0 aliphatic rings. The van der Waals surface area contributed by atoms with E-state index in [1.165, 1.54) is 12.1 Å². The van der Waals surface area contributed by atoms with Crippen molar-refractivity contribution in [3.63, 3.8) is 0 Å². The number of hydrogen-bond donors (Lipinski definition) is 1. The molecule has 1 aromatic heterocycles. The molecule has 25 heavy (non-hydrogen) atoms. The lowest BCUT2D eigenvalue weighted by Crippen LogP contribution is -1.91. The smallest absolute Gasteiger partial charge is 0.271 e. The van der Waals surface area contributed by atoms with Crippen LogP contribution < -0.4 is 0 Å². The molecular weight excluding hydrogens is 363 g/mol. The van der Waals surface area contributed by atoms with Crippen LogP contribution in [0, 0.1) is 28.4 Å². The zero-order valence-corrected chi connectivity index (χ0v) is 14.4. The van der Waals surface area contributed by atoms with Gasteiger partial charge in [0.05, 0.1) is 31.6 Å². The van der Waals surface area contributed by atoms with Crippen molar-refractivity contribution in [2.75, 3.05) is 0 Å². The predicted octanol–water partition coefficient (Wildman–Crippen LogP) is 5.15. The summed E-state index contributed by atoms with van der Waals surface area (Å²) < 4.78 is 0. The first-order chi connectivity index (χ1) is 11.9. The van der Waals surface area contributed by atoms with Gasteiger partial charge < -0.3 is 4.98 Å². The molecule has 0 fully saturated rings. The second-order valence-corrected chi connectivity index (χ2v) is 6.15. The number of hydrogen-bond acceptors (Lipinski definition) is 4. The molecule has 124 valence electrons. The zero-order valence-electron chi connectivity index (χ0n) is 12.9. The fourth-order valence-corrected chi connectivity index (χ4v) is 2.75. The van der Waals surface area contributed by atoms with Crippen molar-refractivity contribution in [3.05, 3.63) is 67.4 Å². The first-order valence-electron chi connectivity index (χ1n) is 7.11. The van der Waals surface area contributed by atoms with Crippen LogP contribution in [0.1, 0.15) is 17.0 Å². The third kappa shape index (κ3) is 3.33. The summed E-state index contributed by atoms with van der Waals surface area (Å²) in [7, 11) is 0. The van der Waals surface area contributed by atoms with Crippen molar-refractivity contribution >= 4 is 51.6 Å². The number of H-pyrrole nitrogens is 1. The van der Waals surface area contributed by atoms with Crippen LogP contribution in [0.15, 0.2) is 30.3 Å². The zero-order chi connectivity index (χ0) is 18.1. The molecule has 0 atom stereocenters. The van der Waals surface area contributed by atoms with Crippen LogP contribution in [-0.2, 0) is 0 Å². The Hall–Kier alpha value is -2.88. The number of aromatic amines is 1. The maximum atomic E-state index is 11.0. The number of aryl methyl sites for hydroxylation is 1. The number of halogens is 2. The predicted molar refractivity (Wildman–Crippen MR) is 97.4 cm³/mol. The van der Waals surface area contributed by atoms with E-state index in [1.807, 2.05) is 31.2 Å². The van der Waals surface area contributed by atoms with Crippen LogP contribution in [0.25, 0.3) is 22.7 Å². The molecule has 0 aliphatic heterocycles. The lowest BCUT2D eigenvalue weighted by molar-refractivity contribution is -0.384. The first-order valence-corrected chi connectivity index (χ1v) is 7.86. The van der Waals surface area contributed by atoms with E-state index >= 15 is 0 Å². The number of aromatic nitrogens is 2. The normalized spacial score (nSPS) is 11.5. The molecule has 3 aromatic rings. The molecule has 0 radical (unpaired) electrons. The summed E-state index contributed by atoms with van der Waals surface area (Å²) in [6, 6.07) is 10.1. The summed E-state index contributed by atoms with van der Waals surface area (Å²) in [5, 5.41) is 20.6. The highest BCUT2D eigenvalue weighted by Gasteiger charge is 2.15. The van der Waals surface area contributed by atoms with E-state index in [1.54, 1.807) is 0 Å². The fourth-order valence-electron chi connectivity index (χ4n) is 2.37. The van der Waals surface area contributed by atoms with Gasteiger partial charge in [-0.25, -0.2) is 4.98 Å². The number of nitriles is 1. The van der Waals surface area contributed by atoms with Gasteiger partial charge in [0.25, 0.3) is 5.69 Å². The number of nitro benzene ring substituents is 1. The highest BCUT2D eigenvalue weighted by Crippen LogP contribution is 2.33. The molecule has 0 bridgehead atoms. The summed E-state index contributed by atoms with van der Waals surface area (Å²) in [6.07, 6.45) is 1.42. The Morgan fingerprint density at radius 3 is 2.80 bits per heavy atom. The Labute approximate surface area is 152 Å². The number of nitro groups is 1. The van der Waals surface area contributed by atoms with Crippen LogP contribution in [-0.4, -0.2) is 14.9 Å². The van der Waals surface area contributed by atoms with Gasteiger partial charge in [0.1, 0.15) is 11.9 Å². The molecule has 3 rings (SSSR count).